The summed E-state index contributed by atoms with van der Waals surface area (Å²) in [5.41, 5.74) is 7.02. The molecule has 0 saturated heterocycles. The van der Waals surface area contributed by atoms with Gasteiger partial charge in [0.15, 0.2) is 0 Å². The number of aryl methyl sites for hydroxylation is 1. The molecule has 2 aromatic rings. The second-order valence-corrected chi connectivity index (χ2v) is 6.39. The van der Waals surface area contributed by atoms with Crippen LogP contribution in [-0.2, 0) is 10.0 Å². The summed E-state index contributed by atoms with van der Waals surface area (Å²) in [5.74, 6) is -0.820. The number of nitrogen functional groups attached to an aromatic ring is 1. The second kappa shape index (κ2) is 5.13. The van der Waals surface area contributed by atoms with Gasteiger partial charge in [0.05, 0.1) is 5.69 Å². The third-order valence-electron chi connectivity index (χ3n) is 3.05. The zero-order chi connectivity index (χ0) is 14.9. The van der Waals surface area contributed by atoms with Gasteiger partial charge in [0.2, 0.25) is 0 Å². The van der Waals surface area contributed by atoms with Crippen molar-refractivity contribution >= 4 is 21.4 Å². The minimum Gasteiger partial charge on any atom is -0.399 e. The number of sulfonamides is 1. The van der Waals surface area contributed by atoms with Crippen molar-refractivity contribution in [1.82, 2.24) is 0 Å². The van der Waals surface area contributed by atoms with Crippen LogP contribution in [0.25, 0.3) is 0 Å². The summed E-state index contributed by atoms with van der Waals surface area (Å²) in [4.78, 5) is -0.428. The lowest BCUT2D eigenvalue weighted by Gasteiger charge is -2.21. The molecule has 20 heavy (non-hydrogen) atoms. The Kier molecular flexibility index (Phi) is 3.67. The van der Waals surface area contributed by atoms with Crippen molar-refractivity contribution in [2.75, 3.05) is 17.1 Å². The molecule has 0 atom stereocenters. The summed E-state index contributed by atoms with van der Waals surface area (Å²) in [5, 5.41) is 0. The number of hydrogen-bond donors (Lipinski definition) is 1. The molecule has 2 N–H and O–H groups in total. The predicted molar refractivity (Wildman–Crippen MR) is 77.6 cm³/mol. The van der Waals surface area contributed by atoms with E-state index in [0.29, 0.717) is 5.69 Å². The monoisotopic (exact) mass is 294 g/mol. The molecule has 0 aliphatic heterocycles. The fourth-order valence-corrected chi connectivity index (χ4v) is 3.27. The van der Waals surface area contributed by atoms with Crippen molar-refractivity contribution in [1.29, 1.82) is 0 Å². The lowest BCUT2D eigenvalue weighted by atomic mass is 10.2. The molecule has 0 spiro atoms. The van der Waals surface area contributed by atoms with Crippen LogP contribution in [0.4, 0.5) is 15.8 Å². The fraction of sp³-hybridized carbons (Fsp3) is 0.143. The Hall–Kier alpha value is -2.08. The topological polar surface area (TPSA) is 63.4 Å². The molecular formula is C14H15FN2O2S. The van der Waals surface area contributed by atoms with Crippen LogP contribution in [0.1, 0.15) is 5.56 Å². The van der Waals surface area contributed by atoms with Crippen molar-refractivity contribution in [3.63, 3.8) is 0 Å². The zero-order valence-corrected chi connectivity index (χ0v) is 12.0. The lowest BCUT2D eigenvalue weighted by molar-refractivity contribution is 0.566. The fourth-order valence-electron chi connectivity index (χ4n) is 1.91. The van der Waals surface area contributed by atoms with Crippen LogP contribution in [-0.4, -0.2) is 15.5 Å². The smallest absolute Gasteiger partial charge is 0.267 e. The van der Waals surface area contributed by atoms with E-state index in [1.165, 1.54) is 13.1 Å². The highest BCUT2D eigenvalue weighted by Gasteiger charge is 2.25. The lowest BCUT2D eigenvalue weighted by Crippen LogP contribution is -2.28. The highest BCUT2D eigenvalue weighted by atomic mass is 32.2. The number of nitrogens with zero attached hydrogens (tertiary/aromatic N) is 1. The molecular weight excluding hydrogens is 279 g/mol. The van der Waals surface area contributed by atoms with Gasteiger partial charge >= 0.3 is 0 Å². The SMILES string of the molecule is Cc1ccccc1N(C)S(=O)(=O)c1cc(N)ccc1F. The Morgan fingerprint density at radius 3 is 2.45 bits per heavy atom. The summed E-state index contributed by atoms with van der Waals surface area (Å²) in [7, 11) is -2.60. The van der Waals surface area contributed by atoms with Gasteiger partial charge in [-0.2, -0.15) is 0 Å². The third-order valence-corrected chi connectivity index (χ3v) is 4.83. The third kappa shape index (κ3) is 2.46. The number of anilines is 2. The number of nitrogens with two attached hydrogens (primary N) is 1. The average Bonchev–Trinajstić information content (AvgIpc) is 2.41. The molecule has 0 fully saturated rings. The molecule has 4 nitrogen and oxygen atoms in total. The van der Waals surface area contributed by atoms with Crippen LogP contribution in [0.2, 0.25) is 0 Å². The van der Waals surface area contributed by atoms with E-state index in [-0.39, 0.29) is 5.69 Å². The van der Waals surface area contributed by atoms with Crippen LogP contribution < -0.4 is 10.0 Å². The number of para-hydroxylation sites is 1. The minimum atomic E-state index is -3.99. The molecule has 0 saturated carbocycles. The van der Waals surface area contributed by atoms with Gasteiger partial charge in [-0.3, -0.25) is 4.31 Å². The maximum absolute atomic E-state index is 13.8. The van der Waals surface area contributed by atoms with Crippen LogP contribution in [0.3, 0.4) is 0 Å². The molecule has 0 radical (unpaired) electrons. The summed E-state index contributed by atoms with van der Waals surface area (Å²) in [6, 6.07) is 10.5. The number of benzene rings is 2. The number of rotatable bonds is 3. The van der Waals surface area contributed by atoms with E-state index in [2.05, 4.69) is 0 Å². The molecule has 0 heterocycles. The number of hydrogen-bond acceptors (Lipinski definition) is 3. The second-order valence-electron chi connectivity index (χ2n) is 4.45. The van der Waals surface area contributed by atoms with E-state index in [4.69, 9.17) is 5.73 Å². The molecule has 0 unspecified atom stereocenters. The first-order valence-electron chi connectivity index (χ1n) is 5.93. The van der Waals surface area contributed by atoms with Gasteiger partial charge < -0.3 is 5.73 Å². The van der Waals surface area contributed by atoms with Gasteiger partial charge in [0.25, 0.3) is 10.0 Å². The van der Waals surface area contributed by atoms with E-state index in [1.807, 2.05) is 0 Å². The Bertz CT molecular complexity index is 745. The van der Waals surface area contributed by atoms with Crippen molar-refractivity contribution in [3.8, 4) is 0 Å². The van der Waals surface area contributed by atoms with Gasteiger partial charge in [-0.1, -0.05) is 18.2 Å². The van der Waals surface area contributed by atoms with Crippen molar-refractivity contribution in [2.45, 2.75) is 11.8 Å². The van der Waals surface area contributed by atoms with Crippen LogP contribution >= 0.6 is 0 Å². The standard InChI is InChI=1S/C14H15FN2O2S/c1-10-5-3-4-6-13(10)17(2)20(18,19)14-9-11(16)7-8-12(14)15/h3-9H,16H2,1-2H3. The molecule has 2 rings (SSSR count). The van der Waals surface area contributed by atoms with Gasteiger partial charge in [0.1, 0.15) is 10.7 Å². The van der Waals surface area contributed by atoms with Crippen LogP contribution in [0.5, 0.6) is 0 Å². The quantitative estimate of drug-likeness (QED) is 0.885. The van der Waals surface area contributed by atoms with Crippen LogP contribution in [0.15, 0.2) is 47.4 Å². The minimum absolute atomic E-state index is 0.197. The molecule has 0 aromatic heterocycles. The average molecular weight is 294 g/mol. The molecule has 0 amide bonds. The predicted octanol–water partition coefficient (Wildman–Crippen LogP) is 2.54. The Labute approximate surface area is 117 Å². The van der Waals surface area contributed by atoms with E-state index in [1.54, 1.807) is 31.2 Å². The van der Waals surface area contributed by atoms with Crippen molar-refractivity contribution in [3.05, 3.63) is 53.8 Å². The van der Waals surface area contributed by atoms with E-state index < -0.39 is 20.7 Å². The molecule has 0 aliphatic carbocycles. The molecule has 0 bridgehead atoms. The molecule has 106 valence electrons. The number of halogens is 1. The highest BCUT2D eigenvalue weighted by Crippen LogP contribution is 2.27. The first kappa shape index (κ1) is 14.3. The first-order chi connectivity index (χ1) is 9.34. The first-order valence-corrected chi connectivity index (χ1v) is 7.37. The summed E-state index contributed by atoms with van der Waals surface area (Å²) >= 11 is 0. The highest BCUT2D eigenvalue weighted by molar-refractivity contribution is 7.92. The Balaban J connectivity index is 2.56. The van der Waals surface area contributed by atoms with E-state index in [0.717, 1.165) is 22.0 Å². The summed E-state index contributed by atoms with van der Waals surface area (Å²) in [6.07, 6.45) is 0. The van der Waals surface area contributed by atoms with Crippen molar-refractivity contribution < 1.29 is 12.8 Å². The van der Waals surface area contributed by atoms with Gasteiger partial charge in [0, 0.05) is 12.7 Å². The van der Waals surface area contributed by atoms with E-state index >= 15 is 0 Å². The molecule has 0 aliphatic rings. The summed E-state index contributed by atoms with van der Waals surface area (Å²) < 4.78 is 39.8. The largest absolute Gasteiger partial charge is 0.399 e. The summed E-state index contributed by atoms with van der Waals surface area (Å²) in [6.45, 7) is 1.79. The Morgan fingerprint density at radius 2 is 1.80 bits per heavy atom. The zero-order valence-electron chi connectivity index (χ0n) is 11.2. The molecule has 6 heteroatoms. The van der Waals surface area contributed by atoms with Gasteiger partial charge in [-0.05, 0) is 36.8 Å². The van der Waals surface area contributed by atoms with Crippen LogP contribution in [0, 0.1) is 12.7 Å². The van der Waals surface area contributed by atoms with Crippen molar-refractivity contribution in [2.24, 2.45) is 0 Å². The van der Waals surface area contributed by atoms with E-state index in [9.17, 15) is 12.8 Å². The molecule has 2 aromatic carbocycles. The maximum atomic E-state index is 13.8. The maximum Gasteiger partial charge on any atom is 0.267 e. The Morgan fingerprint density at radius 1 is 1.15 bits per heavy atom. The van der Waals surface area contributed by atoms with Gasteiger partial charge in [-0.25, -0.2) is 12.8 Å². The van der Waals surface area contributed by atoms with Gasteiger partial charge in [-0.15, -0.1) is 0 Å². The normalized spacial score (nSPS) is 11.3.